The summed E-state index contributed by atoms with van der Waals surface area (Å²) >= 11 is 0. The molecule has 3 fully saturated rings. The summed E-state index contributed by atoms with van der Waals surface area (Å²) < 4.78 is 51.5. The number of likely N-dealkylation sites (N-methyl/N-ethyl adjacent to an activating group) is 1. The highest BCUT2D eigenvalue weighted by atomic mass is 32.2. The summed E-state index contributed by atoms with van der Waals surface area (Å²) in [7, 11) is -2.79. The molecule has 3 atom stereocenters. The van der Waals surface area contributed by atoms with E-state index in [2.05, 4.69) is 10.2 Å². The number of nitrogens with zero attached hydrogens (tertiary/aromatic N) is 4. The van der Waals surface area contributed by atoms with Crippen molar-refractivity contribution in [2.75, 3.05) is 70.6 Å². The zero-order chi connectivity index (χ0) is 30.9. The molecule has 3 unspecified atom stereocenters. The summed E-state index contributed by atoms with van der Waals surface area (Å²) in [6.07, 6.45) is 5.12. The summed E-state index contributed by atoms with van der Waals surface area (Å²) in [5.74, 6) is -0.292. The third-order valence-electron chi connectivity index (χ3n) is 9.55. The van der Waals surface area contributed by atoms with Crippen molar-refractivity contribution in [1.29, 1.82) is 0 Å². The predicted molar refractivity (Wildman–Crippen MR) is 167 cm³/mol. The van der Waals surface area contributed by atoms with Crippen LogP contribution in [0.5, 0.6) is 0 Å². The summed E-state index contributed by atoms with van der Waals surface area (Å²) in [4.78, 5) is 32.9. The molecule has 0 spiro atoms. The number of sulfonamides is 1. The van der Waals surface area contributed by atoms with Gasteiger partial charge in [0.1, 0.15) is 0 Å². The molecule has 2 bridgehead atoms. The second-order valence-corrected chi connectivity index (χ2v) is 17.0. The molecule has 238 valence electrons. The molecule has 1 amide bonds. The van der Waals surface area contributed by atoms with Crippen molar-refractivity contribution >= 4 is 37.6 Å². The van der Waals surface area contributed by atoms with Gasteiger partial charge in [-0.3, -0.25) is 24.3 Å². The van der Waals surface area contributed by atoms with Crippen LogP contribution in [0.2, 0.25) is 0 Å². The third kappa shape index (κ3) is 7.23. The second kappa shape index (κ2) is 13.1. The van der Waals surface area contributed by atoms with Gasteiger partial charge in [-0.1, -0.05) is 24.3 Å². The Morgan fingerprint density at radius 1 is 0.953 bits per heavy atom. The lowest BCUT2D eigenvalue weighted by molar-refractivity contribution is -0.125. The molecule has 1 aromatic carbocycles. The SMILES string of the molecule is CCS(=O)(=O)N1CCN(CCS(=O)(=O)CCN2C3CCC2CC(NC(=O)C2=Cc4ccccc4C(N(C)C)C2=O)C3)CC1. The maximum Gasteiger partial charge on any atom is 0.255 e. The number of benzene rings is 1. The summed E-state index contributed by atoms with van der Waals surface area (Å²) in [5.41, 5.74) is 1.97. The summed E-state index contributed by atoms with van der Waals surface area (Å²) in [5, 5.41) is 3.14. The molecule has 0 saturated carbocycles. The van der Waals surface area contributed by atoms with E-state index in [1.807, 2.05) is 48.2 Å². The molecule has 11 nitrogen and oxygen atoms in total. The Hall–Kier alpha value is -2.16. The normalized spacial score (nSPS) is 27.3. The maximum atomic E-state index is 13.4. The van der Waals surface area contributed by atoms with Crippen LogP contribution in [0.25, 0.3) is 6.08 Å². The first-order valence-corrected chi connectivity index (χ1v) is 18.8. The molecule has 0 radical (unpaired) electrons. The highest BCUT2D eigenvalue weighted by Gasteiger charge is 2.42. The Balaban J connectivity index is 1.11. The molecule has 3 aliphatic heterocycles. The van der Waals surface area contributed by atoms with Gasteiger partial charge in [0.05, 0.1) is 28.9 Å². The Morgan fingerprint density at radius 2 is 1.58 bits per heavy atom. The average Bonchev–Trinajstić information content (AvgIpc) is 3.22. The zero-order valence-corrected chi connectivity index (χ0v) is 27.1. The van der Waals surface area contributed by atoms with Crippen LogP contribution >= 0.6 is 0 Å². The van der Waals surface area contributed by atoms with Gasteiger partial charge in [0.25, 0.3) is 5.91 Å². The van der Waals surface area contributed by atoms with Crippen molar-refractivity contribution in [3.05, 3.63) is 41.0 Å². The average molecular weight is 636 g/mol. The van der Waals surface area contributed by atoms with Crippen LogP contribution in [0.15, 0.2) is 29.8 Å². The Bertz CT molecular complexity index is 1440. The van der Waals surface area contributed by atoms with E-state index in [4.69, 9.17) is 0 Å². The van der Waals surface area contributed by atoms with Gasteiger partial charge in [0, 0.05) is 57.4 Å². The fourth-order valence-corrected chi connectivity index (χ4v) is 9.46. The number of ketones is 1. The van der Waals surface area contributed by atoms with Crippen LogP contribution in [-0.2, 0) is 29.4 Å². The molecule has 3 saturated heterocycles. The number of rotatable bonds is 11. The van der Waals surface area contributed by atoms with E-state index in [9.17, 15) is 26.4 Å². The number of carbonyl (C=O) groups is 2. The van der Waals surface area contributed by atoms with Gasteiger partial charge < -0.3 is 5.32 Å². The van der Waals surface area contributed by atoms with E-state index in [0.717, 1.165) is 36.8 Å². The zero-order valence-electron chi connectivity index (χ0n) is 25.4. The number of nitrogens with one attached hydrogen (secondary N) is 1. The van der Waals surface area contributed by atoms with Gasteiger partial charge in [-0.25, -0.2) is 16.8 Å². The fraction of sp³-hybridized carbons (Fsp3) is 0.667. The number of Topliss-reactive ketones (excluding diaryl/α,β-unsaturated/α-hetero) is 1. The summed E-state index contributed by atoms with van der Waals surface area (Å²) in [6.45, 7) is 4.42. The Kier molecular flexibility index (Phi) is 9.79. The molecule has 1 N–H and O–H groups in total. The van der Waals surface area contributed by atoms with E-state index in [-0.39, 0.29) is 52.6 Å². The number of piperidine rings is 1. The fourth-order valence-electron chi connectivity index (χ4n) is 7.15. The van der Waals surface area contributed by atoms with Crippen LogP contribution in [0.4, 0.5) is 0 Å². The molecule has 1 aromatic rings. The standard InChI is InChI=1S/C30H45N5O6S2/c1-4-43(40,41)34-13-11-33(12-14-34)15-17-42(38,39)18-16-35-24-9-10-25(35)21-23(20-24)31-30(37)27-19-22-7-5-6-8-26(22)28(29(27)36)32(2)3/h5-8,19,23-25,28H,4,9-18,20-21H2,1-3H3,(H,31,37). The minimum Gasteiger partial charge on any atom is -0.349 e. The minimum atomic E-state index is -3.27. The molecule has 1 aliphatic carbocycles. The lowest BCUT2D eigenvalue weighted by Gasteiger charge is -2.39. The van der Waals surface area contributed by atoms with E-state index < -0.39 is 25.9 Å². The van der Waals surface area contributed by atoms with Crippen molar-refractivity contribution in [2.24, 2.45) is 0 Å². The van der Waals surface area contributed by atoms with Gasteiger partial charge in [0.15, 0.2) is 15.6 Å². The molecule has 13 heteroatoms. The monoisotopic (exact) mass is 635 g/mol. The largest absolute Gasteiger partial charge is 0.349 e. The molecular weight excluding hydrogens is 590 g/mol. The highest BCUT2D eigenvalue weighted by molar-refractivity contribution is 7.91. The third-order valence-corrected chi connectivity index (χ3v) is 13.0. The Labute approximate surface area is 256 Å². The van der Waals surface area contributed by atoms with Crippen LogP contribution in [-0.4, -0.2) is 136 Å². The number of hydrogen-bond donors (Lipinski definition) is 1. The van der Waals surface area contributed by atoms with Crippen molar-refractivity contribution in [2.45, 2.75) is 56.8 Å². The second-order valence-electron chi connectivity index (χ2n) is 12.5. The number of amides is 1. The highest BCUT2D eigenvalue weighted by Crippen LogP contribution is 2.36. The van der Waals surface area contributed by atoms with E-state index in [0.29, 0.717) is 39.3 Å². The summed E-state index contributed by atoms with van der Waals surface area (Å²) in [6, 6.07) is 7.53. The van der Waals surface area contributed by atoms with Crippen LogP contribution in [0.3, 0.4) is 0 Å². The predicted octanol–water partition coefficient (Wildman–Crippen LogP) is 0.749. The van der Waals surface area contributed by atoms with E-state index in [1.165, 1.54) is 4.31 Å². The molecule has 0 aromatic heterocycles. The minimum absolute atomic E-state index is 0.0586. The van der Waals surface area contributed by atoms with Crippen LogP contribution < -0.4 is 5.32 Å². The van der Waals surface area contributed by atoms with Crippen molar-refractivity contribution in [3.8, 4) is 0 Å². The molecule has 43 heavy (non-hydrogen) atoms. The van der Waals surface area contributed by atoms with Crippen molar-refractivity contribution < 1.29 is 26.4 Å². The topological polar surface area (TPSA) is 127 Å². The lowest BCUT2D eigenvalue weighted by atomic mass is 9.85. The van der Waals surface area contributed by atoms with E-state index in [1.54, 1.807) is 13.0 Å². The Morgan fingerprint density at radius 3 is 2.21 bits per heavy atom. The first-order chi connectivity index (χ1) is 20.4. The smallest absolute Gasteiger partial charge is 0.255 e. The first kappa shape index (κ1) is 32.2. The van der Waals surface area contributed by atoms with E-state index >= 15 is 0 Å². The van der Waals surface area contributed by atoms with Gasteiger partial charge in [0.2, 0.25) is 10.0 Å². The van der Waals surface area contributed by atoms with Gasteiger partial charge >= 0.3 is 0 Å². The number of hydrogen-bond acceptors (Lipinski definition) is 9. The number of carbonyl (C=O) groups excluding carboxylic acids is 2. The van der Waals surface area contributed by atoms with Crippen LogP contribution in [0, 0.1) is 0 Å². The lowest BCUT2D eigenvalue weighted by Crippen LogP contribution is -2.52. The molecule has 4 aliphatic rings. The number of sulfone groups is 1. The first-order valence-electron chi connectivity index (χ1n) is 15.4. The van der Waals surface area contributed by atoms with Gasteiger partial charge in [-0.05, 0) is 63.9 Å². The van der Waals surface area contributed by atoms with Crippen molar-refractivity contribution in [3.63, 3.8) is 0 Å². The van der Waals surface area contributed by atoms with Crippen molar-refractivity contribution in [1.82, 2.24) is 24.3 Å². The quantitative estimate of drug-likeness (QED) is 0.351. The number of fused-ring (bicyclic) bond motifs is 3. The molecule has 5 rings (SSSR count). The molecular formula is C30H45N5O6S2. The maximum absolute atomic E-state index is 13.4. The number of piperazine rings is 1. The molecule has 3 heterocycles. The van der Waals surface area contributed by atoms with Gasteiger partial charge in [-0.15, -0.1) is 0 Å². The van der Waals surface area contributed by atoms with Crippen LogP contribution in [0.1, 0.15) is 49.8 Å². The van der Waals surface area contributed by atoms with Gasteiger partial charge in [-0.2, -0.15) is 4.31 Å².